The molecule has 2 aliphatic heterocycles. The van der Waals surface area contributed by atoms with Crippen LogP contribution in [0.15, 0.2) is 12.2 Å². The Morgan fingerprint density at radius 1 is 0.846 bits per heavy atom. The van der Waals surface area contributed by atoms with Gasteiger partial charge in [-0.05, 0) is 78.9 Å². The molecule has 300 valence electrons. The first-order valence-corrected chi connectivity index (χ1v) is 19.6. The summed E-state index contributed by atoms with van der Waals surface area (Å²) >= 11 is 0. The minimum Gasteiger partial charge on any atom is -0.394 e. The Hall–Kier alpha value is -0.780. The highest BCUT2D eigenvalue weighted by Gasteiger charge is 2.70. The lowest BCUT2D eigenvalue weighted by Gasteiger charge is -2.66. The molecule has 2 saturated heterocycles. The quantitative estimate of drug-likeness (QED) is 0.151. The molecule has 6 aliphatic rings. The number of hydrogen-bond acceptors (Lipinski definition) is 13. The van der Waals surface area contributed by atoms with Crippen molar-refractivity contribution < 1.29 is 64.2 Å². The van der Waals surface area contributed by atoms with E-state index in [9.17, 15) is 35.7 Å². The molecule has 0 bridgehead atoms. The van der Waals surface area contributed by atoms with Crippen LogP contribution in [-0.2, 0) is 28.4 Å². The summed E-state index contributed by atoms with van der Waals surface area (Å²) in [7, 11) is 2.89. The first-order valence-electron chi connectivity index (χ1n) is 19.6. The van der Waals surface area contributed by atoms with Crippen LogP contribution in [0.3, 0.4) is 0 Å². The van der Waals surface area contributed by atoms with Crippen molar-refractivity contribution in [2.45, 2.75) is 159 Å². The van der Waals surface area contributed by atoms with Gasteiger partial charge < -0.3 is 64.2 Å². The SMILES string of the molecule is COC1COC(OC2C(OC(/C=C/C(C)C3C[C@@H](O)C4[C@]3(C)CCC3[C@@]5(C)CC[C@H](O)CC5[C@@H](O)C[C@]34O)C(C)C)OC(CO)C2O)C(OC)C1O. The van der Waals surface area contributed by atoms with E-state index in [1.165, 1.54) is 14.2 Å². The fourth-order valence-electron chi connectivity index (χ4n) is 11.9. The molecule has 6 fully saturated rings. The Kier molecular flexibility index (Phi) is 12.3. The largest absolute Gasteiger partial charge is 0.394 e. The zero-order chi connectivity index (χ0) is 37.9. The van der Waals surface area contributed by atoms with Gasteiger partial charge in [0.25, 0.3) is 0 Å². The highest BCUT2D eigenvalue weighted by atomic mass is 16.8. The predicted octanol–water partition coefficient (Wildman–Crippen LogP) is 1.51. The van der Waals surface area contributed by atoms with Crippen molar-refractivity contribution in [1.29, 1.82) is 0 Å². The molecule has 6 rings (SSSR count). The number of aliphatic hydroxyl groups is 7. The van der Waals surface area contributed by atoms with Crippen LogP contribution in [0.2, 0.25) is 0 Å². The summed E-state index contributed by atoms with van der Waals surface area (Å²) in [5.74, 6) is -0.442. The van der Waals surface area contributed by atoms with E-state index in [4.69, 9.17) is 28.4 Å². The van der Waals surface area contributed by atoms with Crippen LogP contribution in [0.5, 0.6) is 0 Å². The molecule has 0 aromatic rings. The maximum absolute atomic E-state index is 12.6. The normalized spacial score (nSPS) is 52.0. The maximum Gasteiger partial charge on any atom is 0.187 e. The average Bonchev–Trinajstić information content (AvgIpc) is 3.55. The van der Waals surface area contributed by atoms with Gasteiger partial charge >= 0.3 is 0 Å². The third kappa shape index (κ3) is 6.96. The molecule has 0 spiro atoms. The zero-order valence-corrected chi connectivity index (χ0v) is 32.0. The summed E-state index contributed by atoms with van der Waals surface area (Å²) in [6.45, 7) is 10.1. The van der Waals surface area contributed by atoms with Crippen LogP contribution >= 0.6 is 0 Å². The molecule has 52 heavy (non-hydrogen) atoms. The van der Waals surface area contributed by atoms with E-state index in [1.54, 1.807) is 0 Å². The van der Waals surface area contributed by atoms with Gasteiger partial charge in [-0.3, -0.25) is 0 Å². The molecule has 0 amide bonds. The minimum absolute atomic E-state index is 0.0111. The number of rotatable bonds is 11. The Balaban J connectivity index is 1.17. The van der Waals surface area contributed by atoms with E-state index < -0.39 is 85.8 Å². The molecule has 4 saturated carbocycles. The van der Waals surface area contributed by atoms with Crippen molar-refractivity contribution in [3.05, 3.63) is 12.2 Å². The van der Waals surface area contributed by atoms with Crippen LogP contribution < -0.4 is 0 Å². The molecule has 0 aromatic carbocycles. The van der Waals surface area contributed by atoms with Gasteiger partial charge in [0.2, 0.25) is 0 Å². The smallest absolute Gasteiger partial charge is 0.187 e. The fourth-order valence-corrected chi connectivity index (χ4v) is 11.9. The third-order valence-corrected chi connectivity index (χ3v) is 14.7. The van der Waals surface area contributed by atoms with E-state index in [1.807, 2.05) is 19.9 Å². The van der Waals surface area contributed by atoms with E-state index in [2.05, 4.69) is 26.8 Å². The third-order valence-electron chi connectivity index (χ3n) is 14.7. The van der Waals surface area contributed by atoms with E-state index in [0.717, 1.165) is 19.3 Å². The Morgan fingerprint density at radius 2 is 1.56 bits per heavy atom. The van der Waals surface area contributed by atoms with Crippen LogP contribution in [-0.4, -0.2) is 142 Å². The van der Waals surface area contributed by atoms with Gasteiger partial charge in [0.1, 0.15) is 36.6 Å². The molecule has 0 radical (unpaired) electrons. The molecule has 4 aliphatic carbocycles. The van der Waals surface area contributed by atoms with Gasteiger partial charge in [-0.25, -0.2) is 0 Å². The van der Waals surface area contributed by atoms with Gasteiger partial charge in [-0.15, -0.1) is 0 Å². The second kappa shape index (κ2) is 15.6. The molecule has 13 heteroatoms. The van der Waals surface area contributed by atoms with Crippen molar-refractivity contribution in [2.24, 2.45) is 46.3 Å². The van der Waals surface area contributed by atoms with E-state index in [0.29, 0.717) is 19.3 Å². The van der Waals surface area contributed by atoms with Crippen molar-refractivity contribution in [3.63, 3.8) is 0 Å². The van der Waals surface area contributed by atoms with E-state index in [-0.39, 0.29) is 59.4 Å². The fraction of sp³-hybridized carbons (Fsp3) is 0.949. The summed E-state index contributed by atoms with van der Waals surface area (Å²) in [4.78, 5) is 0. The molecular weight excluding hydrogens is 676 g/mol. The second-order valence-corrected chi connectivity index (χ2v) is 17.9. The summed E-state index contributed by atoms with van der Waals surface area (Å²) in [5.41, 5.74) is -1.87. The van der Waals surface area contributed by atoms with Gasteiger partial charge in [0.05, 0.1) is 43.2 Å². The lowest BCUT2D eigenvalue weighted by atomic mass is 9.42. The van der Waals surface area contributed by atoms with Crippen molar-refractivity contribution >= 4 is 0 Å². The second-order valence-electron chi connectivity index (χ2n) is 17.9. The monoisotopic (exact) mass is 742 g/mol. The summed E-state index contributed by atoms with van der Waals surface area (Å²) < 4.78 is 35.2. The van der Waals surface area contributed by atoms with Crippen LogP contribution in [0, 0.1) is 46.3 Å². The summed E-state index contributed by atoms with van der Waals surface area (Å²) in [6.07, 6.45) is -1.78. The summed E-state index contributed by atoms with van der Waals surface area (Å²) in [6, 6.07) is 0. The first kappa shape index (κ1) is 40.9. The van der Waals surface area contributed by atoms with E-state index >= 15 is 0 Å². The molecule has 2 heterocycles. The number of methoxy groups -OCH3 is 2. The lowest BCUT2D eigenvalue weighted by Crippen LogP contribution is -2.68. The van der Waals surface area contributed by atoms with Crippen LogP contribution in [0.25, 0.3) is 0 Å². The molecule has 13 nitrogen and oxygen atoms in total. The Bertz CT molecular complexity index is 1240. The van der Waals surface area contributed by atoms with Crippen LogP contribution in [0.4, 0.5) is 0 Å². The highest BCUT2D eigenvalue weighted by molar-refractivity contribution is 5.21. The Morgan fingerprint density at radius 3 is 2.21 bits per heavy atom. The topological polar surface area (TPSA) is 197 Å². The molecular formula is C39H66O13. The number of ether oxygens (including phenoxy) is 6. The molecule has 20 atom stereocenters. The number of allylic oxidation sites excluding steroid dienone is 1. The number of aliphatic hydroxyl groups excluding tert-OH is 6. The Labute approximate surface area is 308 Å². The number of fused-ring (bicyclic) bond motifs is 5. The number of hydrogen-bond donors (Lipinski definition) is 7. The van der Waals surface area contributed by atoms with Crippen LogP contribution in [0.1, 0.15) is 79.6 Å². The summed E-state index contributed by atoms with van der Waals surface area (Å²) in [5, 5.41) is 78.1. The van der Waals surface area contributed by atoms with Gasteiger partial charge in [-0.1, -0.05) is 46.8 Å². The van der Waals surface area contributed by atoms with Gasteiger partial charge in [-0.2, -0.15) is 0 Å². The van der Waals surface area contributed by atoms with Gasteiger partial charge in [0.15, 0.2) is 12.6 Å². The molecule has 14 unspecified atom stereocenters. The van der Waals surface area contributed by atoms with Crippen molar-refractivity contribution in [2.75, 3.05) is 27.4 Å². The highest BCUT2D eigenvalue weighted by Crippen LogP contribution is 2.69. The maximum atomic E-state index is 12.6. The average molecular weight is 743 g/mol. The van der Waals surface area contributed by atoms with Gasteiger partial charge in [0, 0.05) is 26.6 Å². The van der Waals surface area contributed by atoms with Crippen molar-refractivity contribution in [3.8, 4) is 0 Å². The van der Waals surface area contributed by atoms with Crippen molar-refractivity contribution in [1.82, 2.24) is 0 Å². The molecule has 7 N–H and O–H groups in total. The lowest BCUT2D eigenvalue weighted by molar-refractivity contribution is -0.311. The predicted molar refractivity (Wildman–Crippen MR) is 187 cm³/mol. The minimum atomic E-state index is -1.24. The first-order chi connectivity index (χ1) is 24.5. The molecule has 0 aromatic heterocycles. The zero-order valence-electron chi connectivity index (χ0n) is 32.0. The standard InChI is InChI=1S/C39H66O13/c1-19(2)26(50-36-33(30(44)27(17-40)51-36)52-35-32(48-7)31(45)28(47-6)18-49-35)9-8-20(3)22-15-24(42)34-38(22,5)13-11-29-37(4)12-10-21(41)14-23(37)25(43)16-39(29,34)46/h8-9,19-36,40-46H,10-18H2,1-7H3/b9-8+/t20?,21-,22?,23?,24+,25-,26?,27?,28?,29?,30?,31?,32?,33?,34?,35?,36?,37-,38+,39-/m0/s1.